The Morgan fingerprint density at radius 3 is 2.24 bits per heavy atom. The van der Waals surface area contributed by atoms with E-state index >= 15 is 0 Å². The summed E-state index contributed by atoms with van der Waals surface area (Å²) in [5, 5.41) is 5.68. The Balaban J connectivity index is 1.66. The zero-order chi connectivity index (χ0) is 27.0. The van der Waals surface area contributed by atoms with Crippen molar-refractivity contribution < 1.29 is 17.9 Å². The molecule has 0 spiro atoms. The minimum atomic E-state index is -4.31. The van der Waals surface area contributed by atoms with Crippen LogP contribution in [0.4, 0.5) is 13.2 Å². The summed E-state index contributed by atoms with van der Waals surface area (Å²) in [5.74, 6) is 1.51. The summed E-state index contributed by atoms with van der Waals surface area (Å²) in [6.45, 7) is 9.18. The van der Waals surface area contributed by atoms with Gasteiger partial charge in [0.1, 0.15) is 11.5 Å². The maximum atomic E-state index is 13.8. The molecule has 0 N–H and O–H groups in total. The number of halogens is 3. The number of benzene rings is 4. The smallest absolute Gasteiger partial charge is 0.394 e. The molecule has 0 bridgehead atoms. The molecule has 194 valence electrons. The number of hydrogen-bond acceptors (Lipinski definition) is 2. The highest BCUT2D eigenvalue weighted by molar-refractivity contribution is 6.17. The molecule has 2 nitrogen and oxygen atoms in total. The Morgan fingerprint density at radius 1 is 0.763 bits per heavy atom. The van der Waals surface area contributed by atoms with Crippen LogP contribution in [0.2, 0.25) is 0 Å². The van der Waals surface area contributed by atoms with Gasteiger partial charge in [-0.15, -0.1) is 0 Å². The van der Waals surface area contributed by atoms with E-state index in [-0.39, 0.29) is 11.8 Å². The van der Waals surface area contributed by atoms with E-state index in [1.54, 1.807) is 6.20 Å². The van der Waals surface area contributed by atoms with E-state index in [9.17, 15) is 13.2 Å². The van der Waals surface area contributed by atoms with Gasteiger partial charge in [-0.3, -0.25) is 4.98 Å². The second-order valence-corrected chi connectivity index (χ2v) is 12.3. The molecule has 5 aromatic rings. The van der Waals surface area contributed by atoms with Crippen LogP contribution in [0.1, 0.15) is 45.7 Å². The van der Waals surface area contributed by atoms with Gasteiger partial charge in [0.25, 0.3) is 0 Å². The van der Waals surface area contributed by atoms with Crippen molar-refractivity contribution in [2.24, 2.45) is 10.8 Å². The van der Waals surface area contributed by atoms with Gasteiger partial charge in [0.15, 0.2) is 0 Å². The number of hydrogen-bond donors (Lipinski definition) is 0. The number of fused-ring (bicyclic) bond motifs is 5. The molecule has 4 aromatic carbocycles. The maximum Gasteiger partial charge on any atom is 0.394 e. The number of nitrogens with zero attached hydrogens (tertiary/aromatic N) is 1. The van der Waals surface area contributed by atoms with Crippen molar-refractivity contribution in [3.8, 4) is 22.8 Å². The molecular formula is C33H30F3NO. The second kappa shape index (κ2) is 8.20. The van der Waals surface area contributed by atoms with Gasteiger partial charge in [0.2, 0.25) is 0 Å². The lowest BCUT2D eigenvalue weighted by molar-refractivity contribution is -0.210. The Kier molecular flexibility index (Phi) is 5.33. The van der Waals surface area contributed by atoms with Gasteiger partial charge in [-0.1, -0.05) is 77.1 Å². The van der Waals surface area contributed by atoms with Gasteiger partial charge in [-0.25, -0.2) is 0 Å². The first kappa shape index (κ1) is 24.7. The molecule has 1 aliphatic rings. The van der Waals surface area contributed by atoms with E-state index < -0.39 is 11.6 Å². The summed E-state index contributed by atoms with van der Waals surface area (Å²) >= 11 is 0. The van der Waals surface area contributed by atoms with Crippen molar-refractivity contribution in [2.45, 2.75) is 53.6 Å². The van der Waals surface area contributed by atoms with E-state index in [0.717, 1.165) is 61.3 Å². The number of alkyl halides is 3. The van der Waals surface area contributed by atoms with Gasteiger partial charge in [-0.05, 0) is 69.0 Å². The third-order valence-corrected chi connectivity index (χ3v) is 7.61. The van der Waals surface area contributed by atoms with Crippen molar-refractivity contribution in [3.63, 3.8) is 0 Å². The highest BCUT2D eigenvalue weighted by Crippen LogP contribution is 2.52. The van der Waals surface area contributed by atoms with Gasteiger partial charge >= 0.3 is 6.18 Å². The van der Waals surface area contributed by atoms with E-state index in [2.05, 4.69) is 39.0 Å². The average Bonchev–Trinajstić information content (AvgIpc) is 2.83. The van der Waals surface area contributed by atoms with Crippen LogP contribution in [0.3, 0.4) is 0 Å². The molecule has 5 heteroatoms. The zero-order valence-corrected chi connectivity index (χ0v) is 22.3. The fraction of sp³-hybridized carbons (Fsp3) is 0.303. The quantitative estimate of drug-likeness (QED) is 0.220. The molecule has 6 rings (SSSR count). The minimum absolute atomic E-state index is 0.0323. The molecule has 0 aliphatic carbocycles. The zero-order valence-electron chi connectivity index (χ0n) is 22.3. The molecular weight excluding hydrogens is 483 g/mol. The van der Waals surface area contributed by atoms with E-state index in [1.807, 2.05) is 42.5 Å². The molecule has 0 saturated heterocycles. The number of pyridine rings is 1. The summed E-state index contributed by atoms with van der Waals surface area (Å²) in [6, 6.07) is 19.9. The predicted molar refractivity (Wildman–Crippen MR) is 149 cm³/mol. The summed E-state index contributed by atoms with van der Waals surface area (Å²) in [7, 11) is 0. The number of ether oxygens (including phenoxy) is 1. The topological polar surface area (TPSA) is 22.1 Å². The molecule has 0 saturated carbocycles. The third kappa shape index (κ3) is 3.91. The highest BCUT2D eigenvalue weighted by atomic mass is 19.4. The van der Waals surface area contributed by atoms with Crippen LogP contribution in [-0.4, -0.2) is 11.2 Å². The summed E-state index contributed by atoms with van der Waals surface area (Å²) in [6.07, 6.45) is -1.83. The molecule has 0 amide bonds. The lowest BCUT2D eigenvalue weighted by atomic mass is 9.81. The van der Waals surface area contributed by atoms with Gasteiger partial charge < -0.3 is 4.74 Å². The summed E-state index contributed by atoms with van der Waals surface area (Å²) in [4.78, 5) is 4.81. The van der Waals surface area contributed by atoms with Crippen molar-refractivity contribution >= 4 is 32.3 Å². The summed E-state index contributed by atoms with van der Waals surface area (Å²) < 4.78 is 48.2. The maximum absolute atomic E-state index is 13.8. The SMILES string of the molecule is CC(C)(C)Cc1c2c(cc3ccccc13)-c1nccc3c1c(cc1cccc(CC(C)(C)C(F)(F)F)c13)O2. The monoisotopic (exact) mass is 513 g/mol. The van der Waals surface area contributed by atoms with Crippen molar-refractivity contribution in [1.82, 2.24) is 4.98 Å². The van der Waals surface area contributed by atoms with E-state index in [0.29, 0.717) is 11.3 Å². The lowest BCUT2D eigenvalue weighted by Gasteiger charge is -2.29. The standard InChI is InChI=1S/C33H30F3NO/c1-31(2,3)18-25-22-12-7-6-9-19(22)15-24-29-28-23(13-14-37-29)27-20(16-26(28)38-30(24)25)10-8-11-21(27)17-32(4,5)33(34,35)36/h6-16H,17-18H2,1-5H3. The van der Waals surface area contributed by atoms with Crippen LogP contribution in [0, 0.1) is 10.8 Å². The van der Waals surface area contributed by atoms with Crippen molar-refractivity contribution in [2.75, 3.05) is 0 Å². The largest absolute Gasteiger partial charge is 0.456 e. The Labute approximate surface area is 220 Å². The van der Waals surface area contributed by atoms with Crippen LogP contribution in [0.25, 0.3) is 43.6 Å². The van der Waals surface area contributed by atoms with Crippen LogP contribution in [0.15, 0.2) is 66.9 Å². The van der Waals surface area contributed by atoms with Crippen molar-refractivity contribution in [1.29, 1.82) is 0 Å². The van der Waals surface area contributed by atoms with Crippen LogP contribution >= 0.6 is 0 Å². The van der Waals surface area contributed by atoms with Crippen LogP contribution in [0.5, 0.6) is 11.5 Å². The Morgan fingerprint density at radius 2 is 1.50 bits per heavy atom. The minimum Gasteiger partial charge on any atom is -0.456 e. The average molecular weight is 514 g/mol. The molecule has 0 unspecified atom stereocenters. The second-order valence-electron chi connectivity index (χ2n) is 12.3. The molecule has 0 atom stereocenters. The first-order chi connectivity index (χ1) is 17.8. The first-order valence-electron chi connectivity index (χ1n) is 13.0. The molecule has 2 heterocycles. The van der Waals surface area contributed by atoms with Gasteiger partial charge in [0.05, 0.1) is 16.5 Å². The third-order valence-electron chi connectivity index (χ3n) is 7.61. The van der Waals surface area contributed by atoms with Crippen molar-refractivity contribution in [3.05, 3.63) is 78.0 Å². The van der Waals surface area contributed by atoms with E-state index in [1.165, 1.54) is 13.8 Å². The van der Waals surface area contributed by atoms with Gasteiger partial charge in [0, 0.05) is 17.3 Å². The first-order valence-corrected chi connectivity index (χ1v) is 13.0. The molecule has 1 aliphatic heterocycles. The van der Waals surface area contributed by atoms with Crippen LogP contribution in [-0.2, 0) is 12.8 Å². The normalized spacial score (nSPS) is 13.7. The molecule has 0 radical (unpaired) electrons. The molecule has 0 fully saturated rings. The van der Waals surface area contributed by atoms with Crippen LogP contribution < -0.4 is 4.74 Å². The Hall–Kier alpha value is -3.60. The molecule has 1 aromatic heterocycles. The lowest BCUT2D eigenvalue weighted by Crippen LogP contribution is -2.34. The fourth-order valence-electron chi connectivity index (χ4n) is 5.72. The number of aromatic nitrogens is 1. The summed E-state index contributed by atoms with van der Waals surface area (Å²) in [5.41, 5.74) is 1.73. The predicted octanol–water partition coefficient (Wildman–Crippen LogP) is 10.0. The van der Waals surface area contributed by atoms with E-state index in [4.69, 9.17) is 9.72 Å². The Bertz CT molecular complexity index is 1740. The number of rotatable bonds is 3. The highest BCUT2D eigenvalue weighted by Gasteiger charge is 2.47. The molecule has 38 heavy (non-hydrogen) atoms. The fourth-order valence-corrected chi connectivity index (χ4v) is 5.72. The van der Waals surface area contributed by atoms with Gasteiger partial charge in [-0.2, -0.15) is 13.2 Å².